The molecule has 1 aliphatic rings. The Bertz CT molecular complexity index is 1640. The molecule has 3 aromatic rings. The van der Waals surface area contributed by atoms with Crippen molar-refractivity contribution in [2.24, 2.45) is 0 Å². The largest absolute Gasteiger partial charge is 0.522 e. The normalized spacial score (nSPS) is 17.7. The number of carbonyl (C=O) groups excluding carboxylic acids is 1. The summed E-state index contributed by atoms with van der Waals surface area (Å²) in [4.78, 5) is 14.8. The van der Waals surface area contributed by atoms with Gasteiger partial charge in [-0.2, -0.15) is 18.4 Å². The van der Waals surface area contributed by atoms with E-state index in [0.29, 0.717) is 11.3 Å². The van der Waals surface area contributed by atoms with Crippen molar-refractivity contribution in [3.8, 4) is 11.8 Å². The Kier molecular flexibility index (Phi) is 10.5. The lowest BCUT2D eigenvalue weighted by Gasteiger charge is -2.26. The zero-order valence-corrected chi connectivity index (χ0v) is 25.1. The first-order valence-electron chi connectivity index (χ1n) is 14.0. The van der Waals surface area contributed by atoms with Crippen LogP contribution >= 0.6 is 0 Å². The second-order valence-electron chi connectivity index (χ2n) is 10.5. The summed E-state index contributed by atoms with van der Waals surface area (Å²) < 4.78 is 111. The van der Waals surface area contributed by atoms with Crippen molar-refractivity contribution in [3.63, 3.8) is 0 Å². The number of hydrogen-bond acceptors (Lipinski definition) is 7. The van der Waals surface area contributed by atoms with Crippen molar-refractivity contribution in [1.29, 1.82) is 5.26 Å². The molecule has 0 unspecified atom stereocenters. The van der Waals surface area contributed by atoms with Gasteiger partial charge in [-0.25, -0.2) is 8.42 Å². The van der Waals surface area contributed by atoms with Crippen molar-refractivity contribution >= 4 is 21.4 Å². The van der Waals surface area contributed by atoms with Gasteiger partial charge in [-0.05, 0) is 66.2 Å². The Morgan fingerprint density at radius 2 is 1.63 bits per heavy atom. The van der Waals surface area contributed by atoms with Gasteiger partial charge in [-0.1, -0.05) is 19.1 Å². The molecule has 3 atom stereocenters. The van der Waals surface area contributed by atoms with Crippen LogP contribution in [-0.2, 0) is 20.8 Å². The molecule has 4 rings (SSSR count). The Morgan fingerprint density at radius 3 is 2.17 bits per heavy atom. The van der Waals surface area contributed by atoms with E-state index in [-0.39, 0.29) is 41.3 Å². The molecule has 0 aliphatic carbocycles. The van der Waals surface area contributed by atoms with Crippen LogP contribution in [0, 0.1) is 11.3 Å². The van der Waals surface area contributed by atoms with Crippen molar-refractivity contribution in [1.82, 2.24) is 5.32 Å². The molecule has 0 saturated carbocycles. The molecule has 1 fully saturated rings. The molecular weight excluding hydrogens is 640 g/mol. The molecule has 1 aliphatic heterocycles. The summed E-state index contributed by atoms with van der Waals surface area (Å²) in [6.45, 7) is 0.877. The van der Waals surface area contributed by atoms with Gasteiger partial charge in [0.05, 0.1) is 53.9 Å². The average molecular weight is 670 g/mol. The second-order valence-corrected chi connectivity index (χ2v) is 12.7. The minimum Gasteiger partial charge on any atom is -0.489 e. The molecule has 0 radical (unpaired) electrons. The number of ether oxygens (including phenoxy) is 2. The quantitative estimate of drug-likeness (QED) is 0.234. The number of benzene rings is 3. The van der Waals surface area contributed by atoms with E-state index in [1.165, 1.54) is 55.5 Å². The van der Waals surface area contributed by atoms with Crippen LogP contribution in [0.2, 0.25) is 0 Å². The predicted octanol–water partition coefficient (Wildman–Crippen LogP) is 6.45. The fourth-order valence-corrected chi connectivity index (χ4v) is 5.89. The SMILES string of the molecule is CCS(=O)(=O)c1ccc([C@H](CC#N)NC(=O)c2ccc(N3C[C@H](Oc4ccc(C(F)(F)F)cc4)C[C@H]3COC(F)(F)F)cc2)cc1. The van der Waals surface area contributed by atoms with E-state index in [0.717, 1.165) is 24.3 Å². The molecule has 8 nitrogen and oxygen atoms in total. The summed E-state index contributed by atoms with van der Waals surface area (Å²) in [5.74, 6) is -0.504. The molecular formula is C31H29F6N3O5S. The first-order chi connectivity index (χ1) is 21.6. The van der Waals surface area contributed by atoms with E-state index in [1.807, 2.05) is 6.07 Å². The molecule has 1 amide bonds. The van der Waals surface area contributed by atoms with Crippen molar-refractivity contribution in [2.45, 2.75) is 55.4 Å². The van der Waals surface area contributed by atoms with Crippen molar-refractivity contribution in [3.05, 3.63) is 89.5 Å². The summed E-state index contributed by atoms with van der Waals surface area (Å²) in [7, 11) is -3.44. The van der Waals surface area contributed by atoms with E-state index in [1.54, 1.807) is 4.90 Å². The Hall–Kier alpha value is -4.29. The molecule has 3 aromatic carbocycles. The van der Waals surface area contributed by atoms with E-state index in [4.69, 9.17) is 4.74 Å². The third-order valence-corrected chi connectivity index (χ3v) is 9.13. The molecule has 246 valence electrons. The lowest BCUT2D eigenvalue weighted by molar-refractivity contribution is -0.325. The fraction of sp³-hybridized carbons (Fsp3) is 0.355. The third-order valence-electron chi connectivity index (χ3n) is 7.38. The smallest absolute Gasteiger partial charge is 0.489 e. The van der Waals surface area contributed by atoms with Crippen LogP contribution in [-0.4, -0.2) is 51.7 Å². The van der Waals surface area contributed by atoms with Gasteiger partial charge in [-0.15, -0.1) is 13.2 Å². The molecule has 46 heavy (non-hydrogen) atoms. The van der Waals surface area contributed by atoms with Crippen LogP contribution in [0.4, 0.5) is 32.0 Å². The lowest BCUT2D eigenvalue weighted by atomic mass is 10.0. The monoisotopic (exact) mass is 669 g/mol. The number of alkyl halides is 6. The number of halogens is 6. The van der Waals surface area contributed by atoms with Crippen LogP contribution < -0.4 is 15.0 Å². The zero-order valence-electron chi connectivity index (χ0n) is 24.3. The number of carbonyl (C=O) groups is 1. The fourth-order valence-electron chi connectivity index (χ4n) is 5.00. The van der Waals surface area contributed by atoms with E-state index < -0.39 is 58.6 Å². The summed E-state index contributed by atoms with van der Waals surface area (Å²) in [6, 6.07) is 16.2. The minimum atomic E-state index is -4.88. The van der Waals surface area contributed by atoms with E-state index in [2.05, 4.69) is 10.1 Å². The van der Waals surface area contributed by atoms with Gasteiger partial charge in [-0.3, -0.25) is 9.53 Å². The molecule has 1 heterocycles. The van der Waals surface area contributed by atoms with Gasteiger partial charge in [0.25, 0.3) is 5.91 Å². The predicted molar refractivity (Wildman–Crippen MR) is 155 cm³/mol. The highest BCUT2D eigenvalue weighted by Crippen LogP contribution is 2.33. The Balaban J connectivity index is 1.47. The highest BCUT2D eigenvalue weighted by Gasteiger charge is 2.38. The van der Waals surface area contributed by atoms with Gasteiger partial charge >= 0.3 is 12.5 Å². The topological polar surface area (TPSA) is 109 Å². The molecule has 15 heteroatoms. The Labute approximate surface area is 261 Å². The number of rotatable bonds is 11. The van der Waals surface area contributed by atoms with Gasteiger partial charge < -0.3 is 15.0 Å². The number of nitrogens with one attached hydrogen (secondary N) is 1. The maximum atomic E-state index is 13.1. The number of nitrogens with zero attached hydrogens (tertiary/aromatic N) is 2. The highest BCUT2D eigenvalue weighted by atomic mass is 32.2. The van der Waals surface area contributed by atoms with Gasteiger partial charge in [0.1, 0.15) is 11.9 Å². The molecule has 0 aromatic heterocycles. The molecule has 1 saturated heterocycles. The number of hydrogen-bond donors (Lipinski definition) is 1. The summed E-state index contributed by atoms with van der Waals surface area (Å²) in [5, 5.41) is 12.0. The van der Waals surface area contributed by atoms with E-state index in [9.17, 15) is 44.8 Å². The first-order valence-corrected chi connectivity index (χ1v) is 15.7. The summed E-state index contributed by atoms with van der Waals surface area (Å²) >= 11 is 0. The van der Waals surface area contributed by atoms with Gasteiger partial charge in [0, 0.05) is 17.7 Å². The van der Waals surface area contributed by atoms with Gasteiger partial charge in [0.2, 0.25) is 0 Å². The minimum absolute atomic E-state index is 0.0769. The standard InChI is InChI=1S/C31H29F6N3O5S/c1-2-46(42,43)27-13-5-20(6-14-27)28(15-16-38)39-29(41)21-3-9-23(10-4-21)40-18-26(17-24(40)19-44-31(35,36)37)45-25-11-7-22(8-12-25)30(32,33)34/h3-14,24,26,28H,2,15,17-19H2,1H3,(H,39,41)/t24-,26+,28-/m0/s1. The van der Waals surface area contributed by atoms with Crippen molar-refractivity contribution < 1.29 is 49.0 Å². The number of nitriles is 1. The summed E-state index contributed by atoms with van der Waals surface area (Å²) in [6.07, 6.45) is -10.1. The van der Waals surface area contributed by atoms with Crippen molar-refractivity contribution in [2.75, 3.05) is 23.8 Å². The van der Waals surface area contributed by atoms with E-state index >= 15 is 0 Å². The lowest BCUT2D eigenvalue weighted by Crippen LogP contribution is -2.35. The highest BCUT2D eigenvalue weighted by molar-refractivity contribution is 7.91. The molecule has 0 bridgehead atoms. The van der Waals surface area contributed by atoms with Crippen LogP contribution in [0.3, 0.4) is 0 Å². The number of amides is 1. The number of anilines is 1. The average Bonchev–Trinajstić information content (AvgIpc) is 3.42. The number of sulfone groups is 1. The summed E-state index contributed by atoms with van der Waals surface area (Å²) in [5.41, 5.74) is 0.293. The first kappa shape index (κ1) is 34.6. The molecule has 0 spiro atoms. The molecule has 1 N–H and O–H groups in total. The van der Waals surface area contributed by atoms with Crippen LogP contribution in [0.5, 0.6) is 5.75 Å². The zero-order chi connectivity index (χ0) is 33.7. The van der Waals surface area contributed by atoms with Crippen LogP contribution in [0.25, 0.3) is 0 Å². The maximum absolute atomic E-state index is 13.1. The third kappa shape index (κ3) is 8.91. The van der Waals surface area contributed by atoms with Gasteiger partial charge in [0.15, 0.2) is 9.84 Å². The van der Waals surface area contributed by atoms with Crippen LogP contribution in [0.1, 0.15) is 47.3 Å². The second kappa shape index (κ2) is 14.0. The van der Waals surface area contributed by atoms with Crippen LogP contribution in [0.15, 0.2) is 77.7 Å². The Morgan fingerprint density at radius 1 is 1.00 bits per heavy atom. The maximum Gasteiger partial charge on any atom is 0.522 e.